The standard InChI is InChI=1S/C15H10F3NO2/c1-20-12-4-2-3-11(8-12)13-6-5-10(9-19)7-14(13)21-15(16,17)18/h2-8H,1H3. The highest BCUT2D eigenvalue weighted by molar-refractivity contribution is 5.72. The normalized spacial score (nSPS) is 10.8. The molecule has 0 spiro atoms. The third-order valence-electron chi connectivity index (χ3n) is 2.72. The minimum atomic E-state index is -4.83. The van der Waals surface area contributed by atoms with Crippen molar-refractivity contribution in [3.8, 4) is 28.7 Å². The van der Waals surface area contributed by atoms with Crippen LogP contribution in [0, 0.1) is 11.3 Å². The Kier molecular flexibility index (Phi) is 4.03. The molecule has 0 aromatic heterocycles. The SMILES string of the molecule is COc1cccc(-c2ccc(C#N)cc2OC(F)(F)F)c1. The number of nitrogens with zero attached hydrogens (tertiary/aromatic N) is 1. The van der Waals surface area contributed by atoms with Gasteiger partial charge in [-0.25, -0.2) is 0 Å². The Morgan fingerprint density at radius 2 is 1.86 bits per heavy atom. The summed E-state index contributed by atoms with van der Waals surface area (Å²) < 4.78 is 46.5. The molecule has 0 bridgehead atoms. The van der Waals surface area contributed by atoms with E-state index in [9.17, 15) is 13.2 Å². The number of alkyl halides is 3. The number of methoxy groups -OCH3 is 1. The van der Waals surface area contributed by atoms with Crippen LogP contribution in [0.4, 0.5) is 13.2 Å². The summed E-state index contributed by atoms with van der Waals surface area (Å²) in [6.07, 6.45) is -4.83. The Hall–Kier alpha value is -2.68. The van der Waals surface area contributed by atoms with Crippen molar-refractivity contribution in [1.82, 2.24) is 0 Å². The molecule has 0 saturated carbocycles. The van der Waals surface area contributed by atoms with Crippen molar-refractivity contribution in [1.29, 1.82) is 5.26 Å². The summed E-state index contributed by atoms with van der Waals surface area (Å²) in [5, 5.41) is 8.80. The lowest BCUT2D eigenvalue weighted by molar-refractivity contribution is -0.274. The smallest absolute Gasteiger partial charge is 0.497 e. The van der Waals surface area contributed by atoms with Crippen LogP contribution in [0.15, 0.2) is 42.5 Å². The third kappa shape index (κ3) is 3.66. The number of hydrogen-bond acceptors (Lipinski definition) is 3. The number of ether oxygens (including phenoxy) is 2. The first-order valence-corrected chi connectivity index (χ1v) is 5.87. The molecule has 21 heavy (non-hydrogen) atoms. The lowest BCUT2D eigenvalue weighted by Crippen LogP contribution is -2.17. The molecule has 0 unspecified atom stereocenters. The molecule has 0 aliphatic carbocycles. The van der Waals surface area contributed by atoms with Crippen LogP contribution in [0.1, 0.15) is 5.56 Å². The first-order chi connectivity index (χ1) is 9.93. The van der Waals surface area contributed by atoms with Crippen LogP contribution in [-0.2, 0) is 0 Å². The second-order valence-corrected chi connectivity index (χ2v) is 4.10. The molecule has 0 radical (unpaired) electrons. The highest BCUT2D eigenvalue weighted by Gasteiger charge is 2.32. The summed E-state index contributed by atoms with van der Waals surface area (Å²) in [5.74, 6) is 0.0876. The fourth-order valence-corrected chi connectivity index (χ4v) is 1.83. The van der Waals surface area contributed by atoms with Crippen LogP contribution in [-0.4, -0.2) is 13.5 Å². The Balaban J connectivity index is 2.54. The van der Waals surface area contributed by atoms with E-state index in [1.807, 2.05) is 0 Å². The molecule has 0 amide bonds. The zero-order valence-corrected chi connectivity index (χ0v) is 10.9. The average molecular weight is 293 g/mol. The van der Waals surface area contributed by atoms with Crippen LogP contribution in [0.3, 0.4) is 0 Å². The Morgan fingerprint density at radius 1 is 1.10 bits per heavy atom. The van der Waals surface area contributed by atoms with Gasteiger partial charge in [0.2, 0.25) is 0 Å². The van der Waals surface area contributed by atoms with Gasteiger partial charge in [0.15, 0.2) is 0 Å². The van der Waals surface area contributed by atoms with E-state index in [1.54, 1.807) is 30.3 Å². The monoisotopic (exact) mass is 293 g/mol. The van der Waals surface area contributed by atoms with Crippen molar-refractivity contribution in [3.05, 3.63) is 48.0 Å². The molecule has 0 aliphatic rings. The maximum atomic E-state index is 12.5. The predicted octanol–water partition coefficient (Wildman–Crippen LogP) is 4.13. The van der Waals surface area contributed by atoms with Gasteiger partial charge in [-0.1, -0.05) is 12.1 Å². The summed E-state index contributed by atoms with van der Waals surface area (Å²) >= 11 is 0. The quantitative estimate of drug-likeness (QED) is 0.854. The summed E-state index contributed by atoms with van der Waals surface area (Å²) in [6, 6.07) is 12.2. The molecule has 0 saturated heterocycles. The van der Waals surface area contributed by atoms with Crippen molar-refractivity contribution in [2.75, 3.05) is 7.11 Å². The first kappa shape index (κ1) is 14.7. The van der Waals surface area contributed by atoms with Crippen molar-refractivity contribution >= 4 is 0 Å². The van der Waals surface area contributed by atoms with Crippen molar-refractivity contribution in [2.24, 2.45) is 0 Å². The van der Waals surface area contributed by atoms with Gasteiger partial charge in [0, 0.05) is 5.56 Å². The predicted molar refractivity (Wildman–Crippen MR) is 69.8 cm³/mol. The van der Waals surface area contributed by atoms with E-state index in [0.717, 1.165) is 6.07 Å². The molecular formula is C15H10F3NO2. The Labute approximate surface area is 119 Å². The van der Waals surface area contributed by atoms with Gasteiger partial charge < -0.3 is 9.47 Å². The Morgan fingerprint density at radius 3 is 2.48 bits per heavy atom. The molecule has 2 rings (SSSR count). The molecule has 6 heteroatoms. The lowest BCUT2D eigenvalue weighted by atomic mass is 10.0. The number of halogens is 3. The van der Waals surface area contributed by atoms with E-state index in [1.165, 1.54) is 19.2 Å². The summed E-state index contributed by atoms with van der Waals surface area (Å²) in [4.78, 5) is 0. The second kappa shape index (κ2) is 5.75. The second-order valence-electron chi connectivity index (χ2n) is 4.10. The first-order valence-electron chi connectivity index (χ1n) is 5.87. The highest BCUT2D eigenvalue weighted by Crippen LogP contribution is 2.35. The van der Waals surface area contributed by atoms with Crippen LogP contribution in [0.5, 0.6) is 11.5 Å². The number of nitriles is 1. The molecule has 2 aromatic rings. The van der Waals surface area contributed by atoms with Gasteiger partial charge in [0.25, 0.3) is 0 Å². The molecule has 2 aromatic carbocycles. The zero-order valence-electron chi connectivity index (χ0n) is 10.9. The van der Waals surface area contributed by atoms with Crippen molar-refractivity contribution in [3.63, 3.8) is 0 Å². The van der Waals surface area contributed by atoms with Crippen LogP contribution < -0.4 is 9.47 Å². The Bertz CT molecular complexity index is 690. The number of benzene rings is 2. The zero-order chi connectivity index (χ0) is 15.5. The molecule has 0 fully saturated rings. The third-order valence-corrected chi connectivity index (χ3v) is 2.72. The average Bonchev–Trinajstić information content (AvgIpc) is 2.45. The summed E-state index contributed by atoms with van der Waals surface area (Å²) in [5.41, 5.74) is 0.809. The molecule has 0 atom stereocenters. The molecule has 0 aliphatic heterocycles. The van der Waals surface area contributed by atoms with Gasteiger partial charge in [-0.3, -0.25) is 0 Å². The lowest BCUT2D eigenvalue weighted by Gasteiger charge is -2.14. The van der Waals surface area contributed by atoms with E-state index in [4.69, 9.17) is 10.00 Å². The maximum absolute atomic E-state index is 12.5. The van der Waals surface area contributed by atoms with Gasteiger partial charge in [0.1, 0.15) is 11.5 Å². The summed E-state index contributed by atoms with van der Waals surface area (Å²) in [6.45, 7) is 0. The molecule has 0 heterocycles. The highest BCUT2D eigenvalue weighted by atomic mass is 19.4. The van der Waals surface area contributed by atoms with Gasteiger partial charge in [0.05, 0.1) is 18.7 Å². The largest absolute Gasteiger partial charge is 0.573 e. The van der Waals surface area contributed by atoms with E-state index in [2.05, 4.69) is 4.74 Å². The fourth-order valence-electron chi connectivity index (χ4n) is 1.83. The van der Waals surface area contributed by atoms with Gasteiger partial charge in [-0.05, 0) is 35.9 Å². The molecule has 3 nitrogen and oxygen atoms in total. The van der Waals surface area contributed by atoms with Crippen LogP contribution >= 0.6 is 0 Å². The number of rotatable bonds is 3. The topological polar surface area (TPSA) is 42.2 Å². The van der Waals surface area contributed by atoms with E-state index in [0.29, 0.717) is 11.3 Å². The van der Waals surface area contributed by atoms with Crippen molar-refractivity contribution < 1.29 is 22.6 Å². The fraction of sp³-hybridized carbons (Fsp3) is 0.133. The van der Waals surface area contributed by atoms with Gasteiger partial charge in [-0.2, -0.15) is 5.26 Å². The van der Waals surface area contributed by atoms with Gasteiger partial charge >= 0.3 is 6.36 Å². The van der Waals surface area contributed by atoms with E-state index in [-0.39, 0.29) is 11.1 Å². The molecular weight excluding hydrogens is 283 g/mol. The maximum Gasteiger partial charge on any atom is 0.573 e. The number of hydrogen-bond donors (Lipinski definition) is 0. The molecule has 108 valence electrons. The minimum Gasteiger partial charge on any atom is -0.497 e. The van der Waals surface area contributed by atoms with E-state index >= 15 is 0 Å². The van der Waals surface area contributed by atoms with Crippen LogP contribution in [0.2, 0.25) is 0 Å². The summed E-state index contributed by atoms with van der Waals surface area (Å²) in [7, 11) is 1.46. The van der Waals surface area contributed by atoms with Crippen LogP contribution in [0.25, 0.3) is 11.1 Å². The van der Waals surface area contributed by atoms with Gasteiger partial charge in [-0.15, -0.1) is 13.2 Å². The molecule has 0 N–H and O–H groups in total. The minimum absolute atomic E-state index is 0.0842. The van der Waals surface area contributed by atoms with E-state index < -0.39 is 12.1 Å². The van der Waals surface area contributed by atoms with Crippen molar-refractivity contribution in [2.45, 2.75) is 6.36 Å².